The molecule has 0 saturated carbocycles. The third-order valence-corrected chi connectivity index (χ3v) is 3.23. The molecule has 120 valence electrons. The van der Waals surface area contributed by atoms with Gasteiger partial charge in [-0.25, -0.2) is 0 Å². The van der Waals surface area contributed by atoms with Crippen LogP contribution in [0, 0.1) is 11.3 Å². The highest BCUT2D eigenvalue weighted by molar-refractivity contribution is 5.74. The Labute approximate surface area is 138 Å². The van der Waals surface area contributed by atoms with Crippen LogP contribution in [0.15, 0.2) is 48.9 Å². The molecule has 0 atom stereocenters. The molecule has 0 unspecified atom stereocenters. The number of nitriles is 1. The quantitative estimate of drug-likeness (QED) is 0.675. The molecule has 2 heterocycles. The van der Waals surface area contributed by atoms with E-state index in [4.69, 9.17) is 4.74 Å². The number of aromatic amines is 1. The average molecular weight is 321 g/mol. The van der Waals surface area contributed by atoms with Gasteiger partial charge in [-0.15, -0.1) is 10.2 Å². The number of ether oxygens (including phenoxy) is 1. The van der Waals surface area contributed by atoms with E-state index >= 15 is 0 Å². The van der Waals surface area contributed by atoms with Gasteiger partial charge >= 0.3 is 0 Å². The SMILES string of the molecule is CCOc1ccc(NC=C(C#N)c2nn[nH]n2)cc1-n1cccc1. The van der Waals surface area contributed by atoms with Gasteiger partial charge in [-0.05, 0) is 42.5 Å². The van der Waals surface area contributed by atoms with Gasteiger partial charge in [0.15, 0.2) is 0 Å². The molecule has 2 aromatic heterocycles. The van der Waals surface area contributed by atoms with Gasteiger partial charge in [0.2, 0.25) is 5.82 Å². The fourth-order valence-corrected chi connectivity index (χ4v) is 2.16. The summed E-state index contributed by atoms with van der Waals surface area (Å²) < 4.78 is 7.64. The van der Waals surface area contributed by atoms with Crippen LogP contribution in [0.25, 0.3) is 11.3 Å². The highest BCUT2D eigenvalue weighted by Gasteiger charge is 2.08. The Morgan fingerprint density at radius 3 is 2.92 bits per heavy atom. The predicted molar refractivity (Wildman–Crippen MR) is 88.3 cm³/mol. The van der Waals surface area contributed by atoms with Crippen LogP contribution in [0.3, 0.4) is 0 Å². The van der Waals surface area contributed by atoms with Crippen LogP contribution in [-0.2, 0) is 0 Å². The zero-order chi connectivity index (χ0) is 16.8. The van der Waals surface area contributed by atoms with Crippen molar-refractivity contribution >= 4 is 11.3 Å². The number of H-pyrrole nitrogens is 1. The summed E-state index contributed by atoms with van der Waals surface area (Å²) in [5, 5.41) is 25.6. The highest BCUT2D eigenvalue weighted by Crippen LogP contribution is 2.27. The molecule has 0 amide bonds. The van der Waals surface area contributed by atoms with Crippen molar-refractivity contribution in [1.82, 2.24) is 25.2 Å². The van der Waals surface area contributed by atoms with Crippen molar-refractivity contribution in [2.24, 2.45) is 0 Å². The molecule has 2 N–H and O–H groups in total. The number of nitrogens with one attached hydrogen (secondary N) is 2. The third kappa shape index (κ3) is 3.25. The Kier molecular flexibility index (Phi) is 4.53. The van der Waals surface area contributed by atoms with E-state index in [1.165, 1.54) is 0 Å². The highest BCUT2D eigenvalue weighted by atomic mass is 16.5. The normalized spacial score (nSPS) is 11.1. The zero-order valence-electron chi connectivity index (χ0n) is 13.0. The van der Waals surface area contributed by atoms with Gasteiger partial charge in [0.25, 0.3) is 0 Å². The third-order valence-electron chi connectivity index (χ3n) is 3.23. The van der Waals surface area contributed by atoms with Crippen molar-refractivity contribution in [2.45, 2.75) is 6.92 Å². The number of tetrazole rings is 1. The second-order valence-corrected chi connectivity index (χ2v) is 4.76. The molecule has 0 radical (unpaired) electrons. The monoisotopic (exact) mass is 321 g/mol. The molecule has 8 nitrogen and oxygen atoms in total. The first-order chi connectivity index (χ1) is 11.8. The number of rotatable bonds is 6. The van der Waals surface area contributed by atoms with Crippen LogP contribution in [-0.4, -0.2) is 31.8 Å². The van der Waals surface area contributed by atoms with E-state index in [1.54, 1.807) is 6.20 Å². The summed E-state index contributed by atoms with van der Waals surface area (Å²) in [7, 11) is 0. The Morgan fingerprint density at radius 2 is 2.25 bits per heavy atom. The number of benzene rings is 1. The number of anilines is 1. The number of aromatic nitrogens is 5. The fourth-order valence-electron chi connectivity index (χ4n) is 2.16. The molecule has 0 aliphatic rings. The smallest absolute Gasteiger partial charge is 0.216 e. The molecule has 0 aliphatic heterocycles. The second-order valence-electron chi connectivity index (χ2n) is 4.76. The average Bonchev–Trinajstić information content (AvgIpc) is 3.30. The molecule has 1 aromatic carbocycles. The largest absolute Gasteiger partial charge is 0.492 e. The van der Waals surface area contributed by atoms with E-state index in [9.17, 15) is 5.26 Å². The lowest BCUT2D eigenvalue weighted by Crippen LogP contribution is -2.00. The van der Waals surface area contributed by atoms with Crippen LogP contribution < -0.4 is 10.1 Å². The number of hydrogen-bond donors (Lipinski definition) is 2. The van der Waals surface area contributed by atoms with Crippen LogP contribution in [0.4, 0.5) is 5.69 Å². The molecule has 3 rings (SSSR count). The molecule has 0 spiro atoms. The molecular weight excluding hydrogens is 306 g/mol. The van der Waals surface area contributed by atoms with Gasteiger partial charge in [0, 0.05) is 24.3 Å². The molecule has 0 aliphatic carbocycles. The van der Waals surface area contributed by atoms with Gasteiger partial charge in [0.05, 0.1) is 12.3 Å². The zero-order valence-corrected chi connectivity index (χ0v) is 13.0. The molecule has 0 saturated heterocycles. The van der Waals surface area contributed by atoms with E-state index in [0.717, 1.165) is 17.1 Å². The van der Waals surface area contributed by atoms with E-state index in [-0.39, 0.29) is 11.4 Å². The van der Waals surface area contributed by atoms with Crippen LogP contribution >= 0.6 is 0 Å². The minimum atomic E-state index is 0.238. The Hall–Kier alpha value is -3.60. The summed E-state index contributed by atoms with van der Waals surface area (Å²) in [6.45, 7) is 2.52. The van der Waals surface area contributed by atoms with Gasteiger partial charge in [-0.1, -0.05) is 0 Å². The van der Waals surface area contributed by atoms with E-state index in [1.807, 2.05) is 60.3 Å². The molecule has 0 bridgehead atoms. The topological polar surface area (TPSA) is 104 Å². The maximum Gasteiger partial charge on any atom is 0.216 e. The standard InChI is InChI=1S/C16H15N7O/c1-2-24-15-6-5-13(9-14(15)23-7-3-4-8-23)18-11-12(10-17)16-19-21-22-20-16/h3-9,11,18H,2H2,1H3,(H,19,20,21,22). The van der Waals surface area contributed by atoms with Crippen molar-refractivity contribution in [2.75, 3.05) is 11.9 Å². The lowest BCUT2D eigenvalue weighted by Gasteiger charge is -2.13. The van der Waals surface area contributed by atoms with Crippen molar-refractivity contribution in [3.05, 3.63) is 54.7 Å². The summed E-state index contributed by atoms with van der Waals surface area (Å²) in [5.41, 5.74) is 1.98. The van der Waals surface area contributed by atoms with Gasteiger partial charge in [-0.2, -0.15) is 10.5 Å². The summed E-state index contributed by atoms with van der Waals surface area (Å²) in [6.07, 6.45) is 5.43. The summed E-state index contributed by atoms with van der Waals surface area (Å²) >= 11 is 0. The lowest BCUT2D eigenvalue weighted by atomic mass is 10.2. The Bertz CT molecular complexity index is 860. The van der Waals surface area contributed by atoms with Crippen LogP contribution in [0.5, 0.6) is 5.75 Å². The van der Waals surface area contributed by atoms with Crippen molar-refractivity contribution in [1.29, 1.82) is 5.26 Å². The van der Waals surface area contributed by atoms with E-state index in [0.29, 0.717) is 6.61 Å². The van der Waals surface area contributed by atoms with Gasteiger partial charge in [-0.3, -0.25) is 0 Å². The number of allylic oxidation sites excluding steroid dienone is 1. The maximum atomic E-state index is 9.19. The van der Waals surface area contributed by atoms with Gasteiger partial charge in [0.1, 0.15) is 17.4 Å². The van der Waals surface area contributed by atoms with Crippen molar-refractivity contribution in [3.63, 3.8) is 0 Å². The molecule has 0 fully saturated rings. The molecule has 8 heteroatoms. The fraction of sp³-hybridized carbons (Fsp3) is 0.125. The lowest BCUT2D eigenvalue weighted by molar-refractivity contribution is 0.339. The Morgan fingerprint density at radius 1 is 1.42 bits per heavy atom. The van der Waals surface area contributed by atoms with E-state index < -0.39 is 0 Å². The van der Waals surface area contributed by atoms with Gasteiger partial charge < -0.3 is 14.6 Å². The summed E-state index contributed by atoms with van der Waals surface area (Å²) in [4.78, 5) is 0. The minimum Gasteiger partial charge on any atom is -0.492 e. The summed E-state index contributed by atoms with van der Waals surface area (Å²) in [5.74, 6) is 1.02. The molecule has 24 heavy (non-hydrogen) atoms. The first-order valence-electron chi connectivity index (χ1n) is 7.32. The number of nitrogens with zero attached hydrogens (tertiary/aromatic N) is 5. The minimum absolute atomic E-state index is 0.238. The second kappa shape index (κ2) is 7.11. The van der Waals surface area contributed by atoms with Crippen molar-refractivity contribution in [3.8, 4) is 17.5 Å². The molecule has 3 aromatic rings. The molecular formula is C16H15N7O. The number of hydrogen-bond acceptors (Lipinski definition) is 6. The predicted octanol–water partition coefficient (Wildman–Crippen LogP) is 2.37. The first kappa shape index (κ1) is 15.3. The Balaban J connectivity index is 1.89. The first-order valence-corrected chi connectivity index (χ1v) is 7.32. The van der Waals surface area contributed by atoms with E-state index in [2.05, 4.69) is 25.9 Å². The van der Waals surface area contributed by atoms with Crippen LogP contribution in [0.2, 0.25) is 0 Å². The van der Waals surface area contributed by atoms with Crippen molar-refractivity contribution < 1.29 is 4.74 Å². The van der Waals surface area contributed by atoms with Crippen LogP contribution in [0.1, 0.15) is 12.7 Å². The summed E-state index contributed by atoms with van der Waals surface area (Å²) in [6, 6.07) is 11.6. The maximum absolute atomic E-state index is 9.19.